The van der Waals surface area contributed by atoms with Crippen molar-refractivity contribution in [2.24, 2.45) is 0 Å². The van der Waals surface area contributed by atoms with E-state index < -0.39 is 0 Å². The van der Waals surface area contributed by atoms with E-state index in [1.807, 2.05) is 6.07 Å². The van der Waals surface area contributed by atoms with Gasteiger partial charge in [0.25, 0.3) is 0 Å². The van der Waals surface area contributed by atoms with Crippen LogP contribution in [0.1, 0.15) is 22.8 Å². The van der Waals surface area contributed by atoms with Crippen molar-refractivity contribution in [1.82, 2.24) is 4.90 Å². The summed E-state index contributed by atoms with van der Waals surface area (Å²) in [6.07, 6.45) is 1.05. The maximum absolute atomic E-state index is 5.76. The molecule has 0 heterocycles. The summed E-state index contributed by atoms with van der Waals surface area (Å²) in [6.45, 7) is 1.04. The molecule has 0 N–H and O–H groups in total. The number of methoxy groups -OCH3 is 1. The summed E-state index contributed by atoms with van der Waals surface area (Å²) >= 11 is 0. The number of hydrogen-bond acceptors (Lipinski definition) is 2. The van der Waals surface area contributed by atoms with Gasteiger partial charge in [0.05, 0.1) is 0 Å². The third-order valence-electron chi connectivity index (χ3n) is 3.50. The van der Waals surface area contributed by atoms with Crippen LogP contribution in [0.2, 0.25) is 0 Å². The maximum Gasteiger partial charge on any atom is 0.107 e. The van der Waals surface area contributed by atoms with Gasteiger partial charge < -0.3 is 9.64 Å². The molecule has 106 valence electrons. The predicted molar refractivity (Wildman–Crippen MR) is 84.0 cm³/mol. The second kappa shape index (κ2) is 7.22. The van der Waals surface area contributed by atoms with Gasteiger partial charge in [0.2, 0.25) is 0 Å². The van der Waals surface area contributed by atoms with Crippen molar-refractivity contribution in [1.29, 1.82) is 0 Å². The third kappa shape index (κ3) is 3.69. The fraction of sp³-hybridized carbons (Fsp3) is 0.333. The van der Waals surface area contributed by atoms with Crippen molar-refractivity contribution >= 4 is 0 Å². The Morgan fingerprint density at radius 1 is 0.950 bits per heavy atom. The molecule has 20 heavy (non-hydrogen) atoms. The van der Waals surface area contributed by atoms with E-state index in [1.165, 1.54) is 16.7 Å². The molecule has 2 heteroatoms. The van der Waals surface area contributed by atoms with Gasteiger partial charge in [0, 0.05) is 13.7 Å². The van der Waals surface area contributed by atoms with E-state index in [0.717, 1.165) is 13.0 Å². The Hall–Kier alpha value is -1.64. The van der Waals surface area contributed by atoms with E-state index in [1.54, 1.807) is 7.11 Å². The van der Waals surface area contributed by atoms with E-state index >= 15 is 0 Å². The summed E-state index contributed by atoms with van der Waals surface area (Å²) in [5.41, 5.74) is 3.83. The van der Waals surface area contributed by atoms with Gasteiger partial charge in [-0.2, -0.15) is 0 Å². The molecule has 2 rings (SSSR count). The molecule has 0 spiro atoms. The Balaban J connectivity index is 2.30. The average molecular weight is 269 g/mol. The Bertz CT molecular complexity index is 522. The molecule has 2 nitrogen and oxygen atoms in total. The molecule has 0 fully saturated rings. The van der Waals surface area contributed by atoms with Crippen LogP contribution in [-0.4, -0.2) is 32.6 Å². The van der Waals surface area contributed by atoms with Crippen LogP contribution in [0.3, 0.4) is 0 Å². The summed E-state index contributed by atoms with van der Waals surface area (Å²) in [7, 11) is 5.99. The van der Waals surface area contributed by atoms with Crippen LogP contribution in [0.4, 0.5) is 0 Å². The van der Waals surface area contributed by atoms with Crippen molar-refractivity contribution in [3.8, 4) is 0 Å². The minimum Gasteiger partial charge on any atom is -0.372 e. The Morgan fingerprint density at radius 3 is 2.25 bits per heavy atom. The van der Waals surface area contributed by atoms with Crippen LogP contribution in [0, 0.1) is 0 Å². The quantitative estimate of drug-likeness (QED) is 0.795. The van der Waals surface area contributed by atoms with Crippen molar-refractivity contribution in [2.75, 3.05) is 27.7 Å². The minimum atomic E-state index is 0.00885. The van der Waals surface area contributed by atoms with Crippen LogP contribution in [-0.2, 0) is 11.2 Å². The molecule has 2 aromatic carbocycles. The van der Waals surface area contributed by atoms with Crippen molar-refractivity contribution in [2.45, 2.75) is 12.5 Å². The lowest BCUT2D eigenvalue weighted by Crippen LogP contribution is -2.16. The number of ether oxygens (including phenoxy) is 1. The van der Waals surface area contributed by atoms with E-state index in [-0.39, 0.29) is 6.10 Å². The molecule has 0 aliphatic carbocycles. The molecule has 1 unspecified atom stereocenters. The van der Waals surface area contributed by atoms with E-state index in [0.29, 0.717) is 0 Å². The highest BCUT2D eigenvalue weighted by Crippen LogP contribution is 2.28. The third-order valence-corrected chi connectivity index (χ3v) is 3.50. The lowest BCUT2D eigenvalue weighted by Gasteiger charge is -2.20. The van der Waals surface area contributed by atoms with Gasteiger partial charge in [-0.1, -0.05) is 54.6 Å². The van der Waals surface area contributed by atoms with E-state index in [2.05, 4.69) is 67.5 Å². The first-order valence-corrected chi connectivity index (χ1v) is 7.02. The Morgan fingerprint density at radius 2 is 1.60 bits per heavy atom. The first-order chi connectivity index (χ1) is 9.72. The smallest absolute Gasteiger partial charge is 0.107 e. The summed E-state index contributed by atoms with van der Waals surface area (Å²) in [4.78, 5) is 2.21. The molecule has 0 aromatic heterocycles. The predicted octanol–water partition coefficient (Wildman–Crippen LogP) is 3.53. The zero-order chi connectivity index (χ0) is 14.4. The van der Waals surface area contributed by atoms with Crippen molar-refractivity contribution in [3.63, 3.8) is 0 Å². The number of nitrogens with zero attached hydrogens (tertiary/aromatic N) is 1. The molecule has 0 bridgehead atoms. The zero-order valence-electron chi connectivity index (χ0n) is 12.5. The normalized spacial score (nSPS) is 12.6. The van der Waals surface area contributed by atoms with Crippen LogP contribution in [0.5, 0.6) is 0 Å². The monoisotopic (exact) mass is 269 g/mol. The summed E-state index contributed by atoms with van der Waals surface area (Å²) < 4.78 is 5.76. The van der Waals surface area contributed by atoms with Crippen LogP contribution in [0.15, 0.2) is 54.6 Å². The number of benzene rings is 2. The van der Waals surface area contributed by atoms with Crippen LogP contribution < -0.4 is 0 Å². The molecule has 0 saturated heterocycles. The van der Waals surface area contributed by atoms with E-state index in [9.17, 15) is 0 Å². The second-order valence-corrected chi connectivity index (χ2v) is 5.28. The van der Waals surface area contributed by atoms with Gasteiger partial charge in [-0.15, -0.1) is 0 Å². The zero-order valence-corrected chi connectivity index (χ0v) is 12.5. The fourth-order valence-corrected chi connectivity index (χ4v) is 2.43. The van der Waals surface area contributed by atoms with Gasteiger partial charge in [-0.3, -0.25) is 0 Å². The minimum absolute atomic E-state index is 0.00885. The maximum atomic E-state index is 5.76. The molecule has 0 aliphatic heterocycles. The number of rotatable bonds is 6. The standard InChI is InChI=1S/C18H23NO/c1-19(2)14-13-15-9-7-8-12-17(15)18(20-3)16-10-5-4-6-11-16/h4-12,18H,13-14H2,1-3H3. The number of likely N-dealkylation sites (N-methyl/N-ethyl adjacent to an activating group) is 1. The first-order valence-electron chi connectivity index (χ1n) is 7.02. The Kier molecular flexibility index (Phi) is 5.33. The van der Waals surface area contributed by atoms with Gasteiger partial charge in [0.15, 0.2) is 0 Å². The van der Waals surface area contributed by atoms with Gasteiger partial charge >= 0.3 is 0 Å². The van der Waals surface area contributed by atoms with Crippen LogP contribution in [0.25, 0.3) is 0 Å². The lowest BCUT2D eigenvalue weighted by molar-refractivity contribution is 0.135. The molecular weight excluding hydrogens is 246 g/mol. The first kappa shape index (κ1) is 14.8. The highest BCUT2D eigenvalue weighted by Gasteiger charge is 2.16. The van der Waals surface area contributed by atoms with Crippen molar-refractivity contribution < 1.29 is 4.74 Å². The summed E-state index contributed by atoms with van der Waals surface area (Å²) in [5.74, 6) is 0. The molecule has 0 saturated carbocycles. The molecular formula is C18H23NO. The van der Waals surface area contributed by atoms with E-state index in [4.69, 9.17) is 4.74 Å². The molecule has 0 amide bonds. The average Bonchev–Trinajstić information content (AvgIpc) is 2.48. The van der Waals surface area contributed by atoms with Gasteiger partial charge in [-0.05, 0) is 37.2 Å². The topological polar surface area (TPSA) is 12.5 Å². The molecule has 2 aromatic rings. The van der Waals surface area contributed by atoms with Crippen LogP contribution >= 0.6 is 0 Å². The highest BCUT2D eigenvalue weighted by atomic mass is 16.5. The molecule has 1 atom stereocenters. The van der Waals surface area contributed by atoms with Crippen molar-refractivity contribution in [3.05, 3.63) is 71.3 Å². The van der Waals surface area contributed by atoms with Gasteiger partial charge in [0.1, 0.15) is 6.10 Å². The largest absolute Gasteiger partial charge is 0.372 e. The highest BCUT2D eigenvalue weighted by molar-refractivity contribution is 5.36. The Labute approximate surface area is 122 Å². The summed E-state index contributed by atoms with van der Waals surface area (Å²) in [5, 5.41) is 0. The second-order valence-electron chi connectivity index (χ2n) is 5.28. The van der Waals surface area contributed by atoms with Gasteiger partial charge in [-0.25, -0.2) is 0 Å². The fourth-order valence-electron chi connectivity index (χ4n) is 2.43. The summed E-state index contributed by atoms with van der Waals surface area (Å²) in [6, 6.07) is 19.0. The molecule has 0 aliphatic rings. The molecule has 0 radical (unpaired) electrons. The number of hydrogen-bond donors (Lipinski definition) is 0. The SMILES string of the molecule is COC(c1ccccc1)c1ccccc1CCN(C)C. The lowest BCUT2D eigenvalue weighted by atomic mass is 9.95.